The van der Waals surface area contributed by atoms with Crippen molar-refractivity contribution in [2.75, 3.05) is 20.3 Å². The van der Waals surface area contributed by atoms with E-state index in [-0.39, 0.29) is 6.61 Å². The van der Waals surface area contributed by atoms with E-state index >= 15 is 0 Å². The number of halogens is 4. The molecule has 2 nitrogen and oxygen atoms in total. The Balaban J connectivity index is 2.93. The lowest BCUT2D eigenvalue weighted by molar-refractivity contribution is -0.140. The van der Waals surface area contributed by atoms with Gasteiger partial charge < -0.3 is 10.1 Å². The van der Waals surface area contributed by atoms with Crippen LogP contribution in [0.15, 0.2) is 18.2 Å². The Labute approximate surface area is 109 Å². The maximum absolute atomic E-state index is 13.2. The topological polar surface area (TPSA) is 21.3 Å². The first-order valence-corrected chi connectivity index (χ1v) is 6.01. The molecule has 6 heteroatoms. The van der Waals surface area contributed by atoms with Gasteiger partial charge >= 0.3 is 6.18 Å². The summed E-state index contributed by atoms with van der Waals surface area (Å²) in [5.41, 5.74) is -0.895. The fraction of sp³-hybridized carbons (Fsp3) is 0.538. The Hall–Kier alpha value is -1.14. The minimum absolute atomic E-state index is 0.243. The lowest BCUT2D eigenvalue weighted by atomic mass is 10.0. The summed E-state index contributed by atoms with van der Waals surface area (Å²) in [5, 5.41) is 2.86. The molecule has 108 valence electrons. The first kappa shape index (κ1) is 15.9. The molecule has 0 aliphatic rings. The molecule has 19 heavy (non-hydrogen) atoms. The second-order valence-corrected chi connectivity index (χ2v) is 4.15. The van der Waals surface area contributed by atoms with Crippen molar-refractivity contribution in [3.05, 3.63) is 35.1 Å². The molecule has 0 saturated heterocycles. The molecule has 1 aromatic carbocycles. The quantitative estimate of drug-likeness (QED) is 0.635. The van der Waals surface area contributed by atoms with Crippen LogP contribution in [0.5, 0.6) is 0 Å². The van der Waals surface area contributed by atoms with Crippen LogP contribution in [0, 0.1) is 5.82 Å². The number of hydrogen-bond acceptors (Lipinski definition) is 2. The van der Waals surface area contributed by atoms with Crippen LogP contribution in [-0.4, -0.2) is 20.3 Å². The van der Waals surface area contributed by atoms with Crippen LogP contribution < -0.4 is 5.32 Å². The second-order valence-electron chi connectivity index (χ2n) is 4.15. The highest BCUT2D eigenvalue weighted by atomic mass is 19.4. The van der Waals surface area contributed by atoms with E-state index in [0.717, 1.165) is 18.6 Å². The Bertz CT molecular complexity index is 406. The summed E-state index contributed by atoms with van der Waals surface area (Å²) < 4.78 is 56.3. The fourth-order valence-electron chi connectivity index (χ4n) is 1.67. The van der Waals surface area contributed by atoms with Crippen LogP contribution in [0.1, 0.15) is 30.5 Å². The van der Waals surface area contributed by atoms with Crippen molar-refractivity contribution in [1.82, 2.24) is 5.32 Å². The summed E-state index contributed by atoms with van der Waals surface area (Å²) >= 11 is 0. The van der Waals surface area contributed by atoms with Crippen molar-refractivity contribution in [2.45, 2.75) is 25.6 Å². The van der Waals surface area contributed by atoms with Crippen molar-refractivity contribution < 1.29 is 22.3 Å². The van der Waals surface area contributed by atoms with E-state index in [1.165, 1.54) is 6.07 Å². The van der Waals surface area contributed by atoms with Crippen molar-refractivity contribution >= 4 is 0 Å². The van der Waals surface area contributed by atoms with Gasteiger partial charge in [0.05, 0.1) is 18.2 Å². The Kier molecular flexibility index (Phi) is 5.75. The maximum Gasteiger partial charge on any atom is 0.419 e. The first-order chi connectivity index (χ1) is 8.90. The predicted octanol–water partition coefficient (Wildman–Crippen LogP) is 3.53. The van der Waals surface area contributed by atoms with Gasteiger partial charge in [0, 0.05) is 6.61 Å². The van der Waals surface area contributed by atoms with E-state index in [2.05, 4.69) is 5.32 Å². The molecule has 0 aromatic heterocycles. The lowest BCUT2D eigenvalue weighted by Gasteiger charge is -2.18. The SMILES string of the molecule is CCCOCC(NC)c1ccc(F)c(C(F)(F)F)c1. The summed E-state index contributed by atoms with van der Waals surface area (Å²) in [7, 11) is 1.62. The van der Waals surface area contributed by atoms with E-state index < -0.39 is 23.6 Å². The zero-order valence-electron chi connectivity index (χ0n) is 10.9. The van der Waals surface area contributed by atoms with Crippen molar-refractivity contribution in [1.29, 1.82) is 0 Å². The van der Waals surface area contributed by atoms with Gasteiger partial charge in [-0.25, -0.2) is 4.39 Å². The molecule has 0 heterocycles. The molecule has 1 atom stereocenters. The van der Waals surface area contributed by atoms with Gasteiger partial charge in [-0.3, -0.25) is 0 Å². The van der Waals surface area contributed by atoms with Crippen LogP contribution in [0.4, 0.5) is 17.6 Å². The van der Waals surface area contributed by atoms with Crippen LogP contribution >= 0.6 is 0 Å². The standard InChI is InChI=1S/C13H17F4NO/c1-3-6-19-8-12(18-2)9-4-5-11(14)10(7-9)13(15,16)17/h4-5,7,12,18H,3,6,8H2,1-2H3. The summed E-state index contributed by atoms with van der Waals surface area (Å²) in [6.07, 6.45) is -3.86. The minimum Gasteiger partial charge on any atom is -0.379 e. The van der Waals surface area contributed by atoms with E-state index in [9.17, 15) is 17.6 Å². The molecule has 1 aromatic rings. The highest BCUT2D eigenvalue weighted by Crippen LogP contribution is 2.33. The van der Waals surface area contributed by atoms with Gasteiger partial charge in [-0.05, 0) is 31.2 Å². The van der Waals surface area contributed by atoms with E-state index in [1.807, 2.05) is 6.92 Å². The first-order valence-electron chi connectivity index (χ1n) is 6.01. The molecule has 0 radical (unpaired) electrons. The molecule has 0 saturated carbocycles. The highest BCUT2D eigenvalue weighted by Gasteiger charge is 2.34. The summed E-state index contributed by atoms with van der Waals surface area (Å²) in [6, 6.07) is 2.60. The van der Waals surface area contributed by atoms with Crippen LogP contribution in [0.25, 0.3) is 0 Å². The van der Waals surface area contributed by atoms with Crippen LogP contribution in [-0.2, 0) is 10.9 Å². The van der Waals surface area contributed by atoms with Crippen LogP contribution in [0.3, 0.4) is 0 Å². The summed E-state index contributed by atoms with van der Waals surface area (Å²) in [5.74, 6) is -1.26. The average Bonchev–Trinajstić information content (AvgIpc) is 2.34. The fourth-order valence-corrected chi connectivity index (χ4v) is 1.67. The second kappa shape index (κ2) is 6.86. The highest BCUT2D eigenvalue weighted by molar-refractivity contribution is 5.29. The smallest absolute Gasteiger partial charge is 0.379 e. The van der Waals surface area contributed by atoms with Gasteiger partial charge in [0.25, 0.3) is 0 Å². The van der Waals surface area contributed by atoms with Crippen molar-refractivity contribution in [3.8, 4) is 0 Å². The number of nitrogens with one attached hydrogen (secondary N) is 1. The van der Waals surface area contributed by atoms with E-state index in [0.29, 0.717) is 12.2 Å². The third-order valence-corrected chi connectivity index (χ3v) is 2.68. The molecule has 0 fully saturated rings. The van der Waals surface area contributed by atoms with Gasteiger partial charge in [-0.1, -0.05) is 13.0 Å². The maximum atomic E-state index is 13.2. The van der Waals surface area contributed by atoms with E-state index in [1.54, 1.807) is 7.05 Å². The third kappa shape index (κ3) is 4.47. The zero-order chi connectivity index (χ0) is 14.5. The molecular weight excluding hydrogens is 262 g/mol. The number of benzene rings is 1. The van der Waals surface area contributed by atoms with E-state index in [4.69, 9.17) is 4.74 Å². The zero-order valence-corrected chi connectivity index (χ0v) is 10.9. The Morgan fingerprint density at radius 3 is 2.53 bits per heavy atom. The lowest BCUT2D eigenvalue weighted by Crippen LogP contribution is -2.23. The minimum atomic E-state index is -4.69. The van der Waals surface area contributed by atoms with Crippen molar-refractivity contribution in [3.63, 3.8) is 0 Å². The number of hydrogen-bond donors (Lipinski definition) is 1. The van der Waals surface area contributed by atoms with Gasteiger partial charge in [0.1, 0.15) is 5.82 Å². The normalized spacial score (nSPS) is 13.6. The molecule has 0 bridgehead atoms. The largest absolute Gasteiger partial charge is 0.419 e. The molecular formula is C13H17F4NO. The summed E-state index contributed by atoms with van der Waals surface area (Å²) in [6.45, 7) is 2.72. The van der Waals surface area contributed by atoms with Gasteiger partial charge in [-0.2, -0.15) is 13.2 Å². The average molecular weight is 279 g/mol. The monoisotopic (exact) mass is 279 g/mol. The number of ether oxygens (including phenoxy) is 1. The van der Waals surface area contributed by atoms with Crippen molar-refractivity contribution in [2.24, 2.45) is 0 Å². The molecule has 1 rings (SSSR count). The third-order valence-electron chi connectivity index (χ3n) is 2.68. The summed E-state index contributed by atoms with van der Waals surface area (Å²) in [4.78, 5) is 0. The van der Waals surface area contributed by atoms with Gasteiger partial charge in [-0.15, -0.1) is 0 Å². The van der Waals surface area contributed by atoms with Gasteiger partial charge in [0.15, 0.2) is 0 Å². The molecule has 1 N–H and O–H groups in total. The molecule has 0 amide bonds. The Morgan fingerprint density at radius 2 is 2.00 bits per heavy atom. The molecule has 0 spiro atoms. The molecule has 0 aliphatic carbocycles. The number of alkyl halides is 3. The number of likely N-dealkylation sites (N-methyl/N-ethyl adjacent to an activating group) is 1. The van der Waals surface area contributed by atoms with Gasteiger partial charge in [0.2, 0.25) is 0 Å². The van der Waals surface area contributed by atoms with Crippen LogP contribution in [0.2, 0.25) is 0 Å². The number of rotatable bonds is 6. The molecule has 0 aliphatic heterocycles. The predicted molar refractivity (Wildman–Crippen MR) is 64.3 cm³/mol. The Morgan fingerprint density at radius 1 is 1.32 bits per heavy atom. The molecule has 1 unspecified atom stereocenters.